The van der Waals surface area contributed by atoms with Crippen molar-refractivity contribution in [1.29, 1.82) is 0 Å². The molecule has 2 heterocycles. The van der Waals surface area contributed by atoms with E-state index in [4.69, 9.17) is 14.2 Å². The van der Waals surface area contributed by atoms with Gasteiger partial charge in [0.2, 0.25) is 0 Å². The van der Waals surface area contributed by atoms with Crippen molar-refractivity contribution >= 4 is 34.1 Å². The second kappa shape index (κ2) is 16.0. The third kappa shape index (κ3) is 10.5. The molecule has 0 aromatic heterocycles. The molecule has 2 aromatic rings. The van der Waals surface area contributed by atoms with E-state index in [-0.39, 0.29) is 61.5 Å². The first kappa shape index (κ1) is 38.2. The zero-order chi connectivity index (χ0) is 31.4. The van der Waals surface area contributed by atoms with E-state index < -0.39 is 64.3 Å². The number of rotatable bonds is 12. The molecule has 0 amide bonds. The summed E-state index contributed by atoms with van der Waals surface area (Å²) in [6, 6.07) is 5.44. The Morgan fingerprint density at radius 2 is 1.87 bits per heavy atom. The van der Waals surface area contributed by atoms with Crippen molar-refractivity contribution in [2.75, 3.05) is 51.6 Å². The molecule has 0 aliphatic carbocycles. The summed E-state index contributed by atoms with van der Waals surface area (Å²) in [5.41, 5.74) is -0.238. The van der Waals surface area contributed by atoms with E-state index in [0.29, 0.717) is 26.1 Å². The maximum atomic E-state index is 15.1. The molecule has 15 heteroatoms. The molecular weight excluding hydrogens is 652 g/mol. The molecule has 45 heavy (non-hydrogen) atoms. The van der Waals surface area contributed by atoms with Crippen molar-refractivity contribution < 1.29 is 53.8 Å². The Labute approximate surface area is 264 Å². The van der Waals surface area contributed by atoms with Crippen molar-refractivity contribution in [3.05, 3.63) is 58.4 Å². The summed E-state index contributed by atoms with van der Waals surface area (Å²) in [5, 5.41) is 0. The minimum Gasteiger partial charge on any atom is -0.489 e. The highest BCUT2D eigenvalue weighted by Crippen LogP contribution is 2.38. The number of likely N-dealkylation sites (tertiary alicyclic amines) is 1. The highest BCUT2D eigenvalue weighted by Gasteiger charge is 2.35. The molecule has 2 aromatic carbocycles. The number of fused-ring (bicyclic) bond motifs is 1. The van der Waals surface area contributed by atoms with Crippen molar-refractivity contribution in [2.45, 2.75) is 39.2 Å². The number of carbonyl (C=O) groups excluding carboxylic acids is 1. The average molecular weight is 688 g/mol. The van der Waals surface area contributed by atoms with Gasteiger partial charge in [-0.25, -0.2) is 21.6 Å². The molecule has 7 nitrogen and oxygen atoms in total. The predicted octanol–water partition coefficient (Wildman–Crippen LogP) is 6.27. The Hall–Kier alpha value is -2.97. The molecule has 1 atom stereocenters. The van der Waals surface area contributed by atoms with E-state index in [1.54, 1.807) is 6.08 Å². The van der Waals surface area contributed by atoms with Crippen LogP contribution in [0.4, 0.5) is 26.3 Å². The standard InChI is InChI=1S/C29H31F6NO6S.CH4.ClH/c1-43(38,39)17-26(37)20-3-2-6-36(14-20)13-19-7-23-25(32)9-21(10-28(23)41-16-19)40-15-18-4-5-27(42-22(11-30)12-31)24(8-18)29(33,34)35;;/h4-5,7-10,20,22H,2-3,6,11-17H2,1H3;1H4;1H/t20-;;/m1../s1. The van der Waals surface area contributed by atoms with E-state index in [1.165, 1.54) is 12.1 Å². The first-order chi connectivity index (χ1) is 20.3. The van der Waals surface area contributed by atoms with Gasteiger partial charge in [-0.05, 0) is 48.7 Å². The Morgan fingerprint density at radius 1 is 1.16 bits per heavy atom. The largest absolute Gasteiger partial charge is 0.489 e. The van der Waals surface area contributed by atoms with Crippen molar-refractivity contribution in [1.82, 2.24) is 4.90 Å². The Balaban J connectivity index is 0.00000353. The first-order valence-corrected chi connectivity index (χ1v) is 15.5. The molecule has 1 saturated heterocycles. The Kier molecular flexibility index (Phi) is 13.6. The van der Waals surface area contributed by atoms with E-state index in [9.17, 15) is 35.2 Å². The van der Waals surface area contributed by atoms with Gasteiger partial charge in [0.1, 0.15) is 55.4 Å². The topological polar surface area (TPSA) is 82.1 Å². The molecule has 0 spiro atoms. The molecule has 0 N–H and O–H groups in total. The minimum absolute atomic E-state index is 0. The molecule has 0 radical (unpaired) electrons. The number of hydrogen-bond acceptors (Lipinski definition) is 7. The van der Waals surface area contributed by atoms with Gasteiger partial charge < -0.3 is 14.2 Å². The Morgan fingerprint density at radius 3 is 2.51 bits per heavy atom. The lowest BCUT2D eigenvalue weighted by molar-refractivity contribution is -0.139. The Bertz CT molecular complexity index is 1470. The van der Waals surface area contributed by atoms with Crippen LogP contribution in [0, 0.1) is 11.7 Å². The number of sulfone groups is 1. The maximum absolute atomic E-state index is 15.1. The van der Waals surface area contributed by atoms with E-state index in [1.807, 2.05) is 4.90 Å². The monoisotopic (exact) mass is 687 g/mol. The summed E-state index contributed by atoms with van der Waals surface area (Å²) < 4.78 is 120. The van der Waals surface area contributed by atoms with Crippen LogP contribution >= 0.6 is 12.4 Å². The third-order valence-electron chi connectivity index (χ3n) is 7.01. The van der Waals surface area contributed by atoms with Gasteiger partial charge in [-0.3, -0.25) is 9.69 Å². The molecule has 0 saturated carbocycles. The van der Waals surface area contributed by atoms with Crippen LogP contribution in [-0.4, -0.2) is 76.8 Å². The quantitative estimate of drug-likeness (QED) is 0.244. The van der Waals surface area contributed by atoms with Crippen LogP contribution in [0.5, 0.6) is 17.2 Å². The van der Waals surface area contributed by atoms with Crippen LogP contribution in [0.2, 0.25) is 0 Å². The molecule has 1 fully saturated rings. The van der Waals surface area contributed by atoms with Gasteiger partial charge in [0, 0.05) is 37.4 Å². The lowest BCUT2D eigenvalue weighted by Crippen LogP contribution is -2.41. The lowest BCUT2D eigenvalue weighted by atomic mass is 9.94. The number of ketones is 1. The molecular formula is C30H36ClF6NO6S. The first-order valence-electron chi connectivity index (χ1n) is 13.5. The molecule has 2 aliphatic heterocycles. The fourth-order valence-corrected chi connectivity index (χ4v) is 5.74. The van der Waals surface area contributed by atoms with Gasteiger partial charge in [-0.1, -0.05) is 13.5 Å². The summed E-state index contributed by atoms with van der Waals surface area (Å²) in [6.45, 7) is -1.35. The van der Waals surface area contributed by atoms with Gasteiger partial charge in [0.15, 0.2) is 21.7 Å². The number of alkyl halides is 5. The van der Waals surface area contributed by atoms with Crippen molar-refractivity contribution in [3.8, 4) is 17.2 Å². The molecule has 2 aliphatic rings. The lowest BCUT2D eigenvalue weighted by Gasteiger charge is -2.33. The number of Topliss-reactive ketones (excluding diaryl/α,β-unsaturated/α-hetero) is 1. The number of benzene rings is 2. The van der Waals surface area contributed by atoms with Gasteiger partial charge in [0.05, 0.1) is 11.1 Å². The fourth-order valence-electron chi connectivity index (χ4n) is 4.99. The highest BCUT2D eigenvalue weighted by molar-refractivity contribution is 7.91. The highest BCUT2D eigenvalue weighted by atomic mass is 35.5. The van der Waals surface area contributed by atoms with E-state index in [0.717, 1.165) is 36.4 Å². The van der Waals surface area contributed by atoms with Gasteiger partial charge >= 0.3 is 6.18 Å². The van der Waals surface area contributed by atoms with Crippen LogP contribution in [0.25, 0.3) is 6.08 Å². The minimum atomic E-state index is -4.86. The summed E-state index contributed by atoms with van der Waals surface area (Å²) >= 11 is 0. The number of halogens is 7. The van der Waals surface area contributed by atoms with E-state index in [2.05, 4.69) is 0 Å². The van der Waals surface area contributed by atoms with Crippen LogP contribution in [0.15, 0.2) is 35.9 Å². The SMILES string of the molecule is C.CS(=O)(=O)CC(=O)[C@@H]1CCCN(CC2=Cc3c(F)cc(OCc4ccc(OC(CF)CF)c(C(F)(F)F)c4)cc3OC2)C1.Cl. The van der Waals surface area contributed by atoms with Crippen LogP contribution in [-0.2, 0) is 27.4 Å². The van der Waals surface area contributed by atoms with Crippen molar-refractivity contribution in [2.24, 2.45) is 5.92 Å². The second-order valence-electron chi connectivity index (χ2n) is 10.7. The molecule has 0 unspecified atom stereocenters. The zero-order valence-electron chi connectivity index (χ0n) is 23.7. The average Bonchev–Trinajstić information content (AvgIpc) is 2.94. The second-order valence-corrected chi connectivity index (χ2v) is 12.8. The smallest absolute Gasteiger partial charge is 0.419 e. The van der Waals surface area contributed by atoms with Crippen LogP contribution in [0.3, 0.4) is 0 Å². The molecule has 4 rings (SSSR count). The third-order valence-corrected chi connectivity index (χ3v) is 7.82. The number of nitrogens with zero attached hydrogens (tertiary/aromatic N) is 1. The molecule has 252 valence electrons. The van der Waals surface area contributed by atoms with Crippen molar-refractivity contribution in [3.63, 3.8) is 0 Å². The molecule has 0 bridgehead atoms. The summed E-state index contributed by atoms with van der Waals surface area (Å²) in [6.07, 6.45) is -2.54. The van der Waals surface area contributed by atoms with Crippen LogP contribution < -0.4 is 14.2 Å². The number of ether oxygens (including phenoxy) is 3. The summed E-state index contributed by atoms with van der Waals surface area (Å²) in [4.78, 5) is 14.4. The number of hydrogen-bond donors (Lipinski definition) is 0. The number of carbonyl (C=O) groups is 1. The normalized spacial score (nSPS) is 16.9. The predicted molar refractivity (Wildman–Crippen MR) is 160 cm³/mol. The van der Waals surface area contributed by atoms with E-state index >= 15 is 4.39 Å². The fraction of sp³-hybridized carbons (Fsp3) is 0.500. The van der Waals surface area contributed by atoms with Gasteiger partial charge in [0.25, 0.3) is 0 Å². The van der Waals surface area contributed by atoms with Gasteiger partial charge in [-0.15, -0.1) is 12.4 Å². The summed E-state index contributed by atoms with van der Waals surface area (Å²) in [7, 11) is -3.42. The summed E-state index contributed by atoms with van der Waals surface area (Å²) in [5.74, 6) is -2.39. The number of piperidine rings is 1. The maximum Gasteiger partial charge on any atom is 0.419 e. The van der Waals surface area contributed by atoms with Gasteiger partial charge in [-0.2, -0.15) is 13.2 Å². The zero-order valence-corrected chi connectivity index (χ0v) is 25.3. The van der Waals surface area contributed by atoms with Crippen LogP contribution in [0.1, 0.15) is 37.0 Å².